The van der Waals surface area contributed by atoms with Crippen LogP contribution in [-0.4, -0.2) is 55.2 Å². The summed E-state index contributed by atoms with van der Waals surface area (Å²) in [4.78, 5) is 49.0. The van der Waals surface area contributed by atoms with Crippen LogP contribution in [0.4, 0.5) is 10.1 Å². The highest BCUT2D eigenvalue weighted by Crippen LogP contribution is 2.09. The van der Waals surface area contributed by atoms with E-state index >= 15 is 0 Å². The summed E-state index contributed by atoms with van der Waals surface area (Å²) >= 11 is 1.25. The molecule has 8 nitrogen and oxygen atoms in total. The van der Waals surface area contributed by atoms with E-state index in [0.29, 0.717) is 4.88 Å². The van der Waals surface area contributed by atoms with Gasteiger partial charge >= 0.3 is 0 Å². The Labute approximate surface area is 164 Å². The summed E-state index contributed by atoms with van der Waals surface area (Å²) in [6.07, 6.45) is 0. The largest absolute Gasteiger partial charge is 0.345 e. The summed E-state index contributed by atoms with van der Waals surface area (Å²) < 4.78 is 13.1. The van der Waals surface area contributed by atoms with E-state index in [-0.39, 0.29) is 31.2 Å². The summed E-state index contributed by atoms with van der Waals surface area (Å²) in [6.45, 7) is -0.856. The summed E-state index contributed by atoms with van der Waals surface area (Å²) in [6, 6.07) is 8.73. The molecular weight excluding hydrogens is 387 g/mol. The zero-order valence-corrected chi connectivity index (χ0v) is 15.8. The quantitative estimate of drug-likeness (QED) is 0.604. The van der Waals surface area contributed by atoms with Gasteiger partial charge in [0.1, 0.15) is 5.82 Å². The van der Waals surface area contributed by atoms with Gasteiger partial charge in [0.05, 0.1) is 24.5 Å². The van der Waals surface area contributed by atoms with Crippen LogP contribution in [0.15, 0.2) is 41.8 Å². The molecular formula is C18H19FN4O4S. The smallest absolute Gasteiger partial charge is 0.261 e. The molecule has 2 aromatic rings. The maximum absolute atomic E-state index is 13.1. The summed E-state index contributed by atoms with van der Waals surface area (Å²) in [5.74, 6) is -2.39. The van der Waals surface area contributed by atoms with Gasteiger partial charge in [-0.25, -0.2) is 4.39 Å². The number of anilines is 1. The Kier molecular flexibility index (Phi) is 7.64. The van der Waals surface area contributed by atoms with E-state index in [0.717, 1.165) is 11.0 Å². The molecule has 3 N–H and O–H groups in total. The highest BCUT2D eigenvalue weighted by atomic mass is 32.1. The Morgan fingerprint density at radius 1 is 1.04 bits per heavy atom. The van der Waals surface area contributed by atoms with E-state index in [1.54, 1.807) is 17.5 Å². The van der Waals surface area contributed by atoms with Crippen molar-refractivity contribution in [3.05, 3.63) is 52.5 Å². The van der Waals surface area contributed by atoms with Gasteiger partial charge in [0, 0.05) is 12.7 Å². The number of benzene rings is 1. The molecule has 0 aliphatic carbocycles. The number of hydrogen-bond acceptors (Lipinski definition) is 5. The van der Waals surface area contributed by atoms with Gasteiger partial charge in [-0.05, 0) is 29.6 Å². The Balaban J connectivity index is 1.69. The fourth-order valence-electron chi connectivity index (χ4n) is 2.10. The molecule has 0 fully saturated rings. The molecule has 0 spiro atoms. The highest BCUT2D eigenvalue weighted by molar-refractivity contribution is 7.12. The number of rotatable bonds is 8. The van der Waals surface area contributed by atoms with E-state index < -0.39 is 23.5 Å². The maximum Gasteiger partial charge on any atom is 0.261 e. The number of likely N-dealkylation sites (N-methyl/N-ethyl adjacent to an activating group) is 1. The SMILES string of the molecule is CN(CC(=O)Nc1cccc(F)c1)C(=O)CNC(=O)CNC(=O)c1cccs1. The lowest BCUT2D eigenvalue weighted by molar-refractivity contribution is -0.134. The lowest BCUT2D eigenvalue weighted by Gasteiger charge is -2.17. The first kappa shape index (κ1) is 21.0. The van der Waals surface area contributed by atoms with E-state index in [1.807, 2.05) is 0 Å². The monoisotopic (exact) mass is 406 g/mol. The van der Waals surface area contributed by atoms with Crippen LogP contribution in [0.5, 0.6) is 0 Å². The zero-order valence-electron chi connectivity index (χ0n) is 15.0. The molecule has 28 heavy (non-hydrogen) atoms. The van der Waals surface area contributed by atoms with E-state index in [1.165, 1.54) is 36.6 Å². The maximum atomic E-state index is 13.1. The number of thiophene rings is 1. The van der Waals surface area contributed by atoms with Crippen LogP contribution in [0.25, 0.3) is 0 Å². The molecule has 4 amide bonds. The molecule has 2 rings (SSSR count). The van der Waals surface area contributed by atoms with E-state index in [4.69, 9.17) is 0 Å². The first-order valence-corrected chi connectivity index (χ1v) is 9.11. The van der Waals surface area contributed by atoms with Crippen LogP contribution >= 0.6 is 11.3 Å². The molecule has 10 heteroatoms. The first-order chi connectivity index (χ1) is 13.3. The van der Waals surface area contributed by atoms with Crippen molar-refractivity contribution in [1.29, 1.82) is 0 Å². The van der Waals surface area contributed by atoms with Crippen molar-refractivity contribution in [2.45, 2.75) is 0 Å². The number of nitrogens with one attached hydrogen (secondary N) is 3. The Hall–Kier alpha value is -3.27. The van der Waals surface area contributed by atoms with E-state index in [9.17, 15) is 23.6 Å². The minimum absolute atomic E-state index is 0.264. The zero-order chi connectivity index (χ0) is 20.5. The fourth-order valence-corrected chi connectivity index (χ4v) is 2.74. The number of halogens is 1. The Bertz CT molecular complexity index is 857. The highest BCUT2D eigenvalue weighted by Gasteiger charge is 2.15. The number of hydrogen-bond donors (Lipinski definition) is 3. The minimum Gasteiger partial charge on any atom is -0.345 e. The molecule has 1 heterocycles. The first-order valence-electron chi connectivity index (χ1n) is 8.23. The topological polar surface area (TPSA) is 108 Å². The van der Waals surface area contributed by atoms with Crippen LogP contribution in [-0.2, 0) is 14.4 Å². The molecule has 1 aromatic heterocycles. The third-order valence-electron chi connectivity index (χ3n) is 3.51. The molecule has 148 valence electrons. The third-order valence-corrected chi connectivity index (χ3v) is 4.37. The van der Waals surface area contributed by atoms with Gasteiger partial charge in [-0.3, -0.25) is 19.2 Å². The molecule has 0 saturated heterocycles. The molecule has 0 unspecified atom stereocenters. The van der Waals surface area contributed by atoms with Crippen LogP contribution in [0.2, 0.25) is 0 Å². The van der Waals surface area contributed by atoms with Crippen molar-refractivity contribution in [3.63, 3.8) is 0 Å². The van der Waals surface area contributed by atoms with Crippen molar-refractivity contribution in [1.82, 2.24) is 15.5 Å². The predicted octanol–water partition coefficient (Wildman–Crippen LogP) is 0.830. The van der Waals surface area contributed by atoms with E-state index in [2.05, 4.69) is 16.0 Å². The standard InChI is InChI=1S/C18H19FN4O4S/c1-23(11-16(25)22-13-5-2-4-12(19)8-13)17(26)10-20-15(24)9-21-18(27)14-6-3-7-28-14/h2-8H,9-11H2,1H3,(H,20,24)(H,21,27)(H,22,25). The molecule has 1 aromatic carbocycles. The lowest BCUT2D eigenvalue weighted by Crippen LogP contribution is -2.44. The molecule has 0 aliphatic heterocycles. The average Bonchev–Trinajstić information content (AvgIpc) is 3.18. The van der Waals surface area contributed by atoms with Crippen LogP contribution in [0.1, 0.15) is 9.67 Å². The average molecular weight is 406 g/mol. The molecule has 0 saturated carbocycles. The lowest BCUT2D eigenvalue weighted by atomic mass is 10.3. The van der Waals surface area contributed by atoms with Crippen molar-refractivity contribution < 1.29 is 23.6 Å². The second-order valence-electron chi connectivity index (χ2n) is 5.75. The van der Waals surface area contributed by atoms with Crippen LogP contribution in [0.3, 0.4) is 0 Å². The van der Waals surface area contributed by atoms with Crippen molar-refractivity contribution in [2.75, 3.05) is 32.0 Å². The normalized spacial score (nSPS) is 10.1. The van der Waals surface area contributed by atoms with Gasteiger partial charge in [-0.1, -0.05) is 12.1 Å². The van der Waals surface area contributed by atoms with Crippen LogP contribution < -0.4 is 16.0 Å². The Morgan fingerprint density at radius 2 is 1.82 bits per heavy atom. The minimum atomic E-state index is -0.532. The molecule has 0 bridgehead atoms. The van der Waals surface area contributed by atoms with Gasteiger partial charge in [-0.15, -0.1) is 11.3 Å². The van der Waals surface area contributed by atoms with Crippen molar-refractivity contribution >= 4 is 40.7 Å². The van der Waals surface area contributed by atoms with Gasteiger partial charge in [0.15, 0.2) is 0 Å². The summed E-state index contributed by atoms with van der Waals surface area (Å²) in [5, 5.41) is 9.03. The van der Waals surface area contributed by atoms with Gasteiger partial charge in [-0.2, -0.15) is 0 Å². The summed E-state index contributed by atoms with van der Waals surface area (Å²) in [7, 11) is 1.40. The number of nitrogens with zero attached hydrogens (tertiary/aromatic N) is 1. The van der Waals surface area contributed by atoms with Crippen molar-refractivity contribution in [3.8, 4) is 0 Å². The molecule has 0 radical (unpaired) electrons. The second kappa shape index (κ2) is 10.2. The Morgan fingerprint density at radius 3 is 2.50 bits per heavy atom. The third kappa shape index (κ3) is 6.80. The van der Waals surface area contributed by atoms with Crippen molar-refractivity contribution in [2.24, 2.45) is 0 Å². The second-order valence-corrected chi connectivity index (χ2v) is 6.69. The number of carbonyl (C=O) groups is 4. The molecule has 0 atom stereocenters. The van der Waals surface area contributed by atoms with Gasteiger partial charge in [0.25, 0.3) is 5.91 Å². The molecule has 0 aliphatic rings. The number of carbonyl (C=O) groups excluding carboxylic acids is 4. The van der Waals surface area contributed by atoms with Gasteiger partial charge in [0.2, 0.25) is 17.7 Å². The fraction of sp³-hybridized carbons (Fsp3) is 0.222. The van der Waals surface area contributed by atoms with Gasteiger partial charge < -0.3 is 20.9 Å². The summed E-state index contributed by atoms with van der Waals surface area (Å²) in [5.41, 5.74) is 0.278. The number of amides is 4. The van der Waals surface area contributed by atoms with Crippen LogP contribution in [0, 0.1) is 5.82 Å². The predicted molar refractivity (Wildman–Crippen MR) is 102 cm³/mol.